The molecule has 4 aromatic heterocycles. The lowest BCUT2D eigenvalue weighted by atomic mass is 10.2. The lowest BCUT2D eigenvalue weighted by molar-refractivity contribution is 0.134. The number of halogens is 3. The number of nitrogens with two attached hydrogens (primary N) is 1. The van der Waals surface area contributed by atoms with E-state index in [9.17, 15) is 13.2 Å². The normalized spacial score (nSPS) is 20.0. The van der Waals surface area contributed by atoms with Gasteiger partial charge in [-0.05, 0) is 18.2 Å². The van der Waals surface area contributed by atoms with E-state index in [2.05, 4.69) is 25.3 Å². The minimum atomic E-state index is -1.24. The van der Waals surface area contributed by atoms with Gasteiger partial charge in [0.1, 0.15) is 28.6 Å². The van der Waals surface area contributed by atoms with E-state index in [1.54, 1.807) is 23.2 Å². The van der Waals surface area contributed by atoms with E-state index in [1.165, 1.54) is 6.07 Å². The molecule has 0 spiro atoms. The molecule has 5 aromatic rings. The van der Waals surface area contributed by atoms with Crippen molar-refractivity contribution in [3.63, 3.8) is 0 Å². The largest absolute Gasteiger partial charge is 0.483 e. The summed E-state index contributed by atoms with van der Waals surface area (Å²) < 4.78 is 57.6. The van der Waals surface area contributed by atoms with Gasteiger partial charge in [-0.1, -0.05) is 0 Å². The van der Waals surface area contributed by atoms with Crippen LogP contribution >= 0.6 is 0 Å². The summed E-state index contributed by atoms with van der Waals surface area (Å²) in [5.74, 6) is -0.765. The van der Waals surface area contributed by atoms with Gasteiger partial charge in [0.2, 0.25) is 5.95 Å². The molecule has 0 amide bonds. The quantitative estimate of drug-likeness (QED) is 0.306. The van der Waals surface area contributed by atoms with Crippen molar-refractivity contribution in [1.82, 2.24) is 34.4 Å². The second-order valence-electron chi connectivity index (χ2n) is 10.3. The molecule has 0 bridgehead atoms. The molecule has 7 rings (SSSR count). The van der Waals surface area contributed by atoms with Gasteiger partial charge in [-0.15, -0.1) is 0 Å². The number of piperazine rings is 1. The zero-order valence-electron chi connectivity index (χ0n) is 22.0. The van der Waals surface area contributed by atoms with Crippen molar-refractivity contribution in [1.29, 1.82) is 0 Å². The monoisotopic (exact) mass is 567 g/mol. The SMILES string of the molecule is Nc1nc2c(ncn2CCN2CCN(c3cc(O[C@H]4CNC[C@H]4F)c(F)cc3F)CC2)c2cc(-c3ccco3)nn12. The zero-order chi connectivity index (χ0) is 28.1. The summed E-state index contributed by atoms with van der Waals surface area (Å²) in [5, 5.41) is 7.38. The van der Waals surface area contributed by atoms with E-state index in [0.29, 0.717) is 55.3 Å². The number of alkyl halides is 1. The second-order valence-corrected chi connectivity index (χ2v) is 10.3. The second kappa shape index (κ2) is 10.3. The van der Waals surface area contributed by atoms with Gasteiger partial charge in [0.15, 0.2) is 29.1 Å². The molecule has 2 aliphatic rings. The number of furan rings is 1. The summed E-state index contributed by atoms with van der Waals surface area (Å²) in [7, 11) is 0. The first-order valence-electron chi connectivity index (χ1n) is 13.5. The standard InChI is InChI=1S/C27H28F3N9O2/c28-16-10-17(29)23(41-24-14-32-13-18(24)30)12-20(16)37-6-3-36(4-7-37)5-8-38-15-33-25-21-11-19(22-2-1-9-40-22)35-39(21)27(31)34-26(25)38/h1-2,9-12,15,18,24,32H,3-8,13-14H2,(H2,31,34)/t18-,24+/m1/s1. The first kappa shape index (κ1) is 25.7. The Morgan fingerprint density at radius 2 is 1.93 bits per heavy atom. The van der Waals surface area contributed by atoms with E-state index in [1.807, 2.05) is 21.6 Å². The van der Waals surface area contributed by atoms with Gasteiger partial charge in [-0.2, -0.15) is 14.6 Å². The molecule has 0 radical (unpaired) electrons. The van der Waals surface area contributed by atoms with Gasteiger partial charge in [0.05, 0.1) is 18.3 Å². The Labute approximate surface area is 232 Å². The van der Waals surface area contributed by atoms with Gasteiger partial charge in [-0.3, -0.25) is 4.90 Å². The highest BCUT2D eigenvalue weighted by Crippen LogP contribution is 2.31. The lowest BCUT2D eigenvalue weighted by Gasteiger charge is -2.36. The van der Waals surface area contributed by atoms with Gasteiger partial charge < -0.3 is 29.7 Å². The Morgan fingerprint density at radius 1 is 1.07 bits per heavy atom. The summed E-state index contributed by atoms with van der Waals surface area (Å²) in [4.78, 5) is 13.2. The van der Waals surface area contributed by atoms with Crippen LogP contribution in [0.2, 0.25) is 0 Å². The van der Waals surface area contributed by atoms with Crippen molar-refractivity contribution >= 4 is 28.3 Å². The molecule has 2 saturated heterocycles. The average Bonchev–Trinajstić information content (AvgIpc) is 3.77. The molecular formula is C27H28F3N9O2. The third-order valence-corrected chi connectivity index (χ3v) is 7.71. The van der Waals surface area contributed by atoms with Crippen LogP contribution in [0, 0.1) is 11.6 Å². The fourth-order valence-electron chi connectivity index (χ4n) is 5.48. The molecule has 11 nitrogen and oxygen atoms in total. The van der Waals surface area contributed by atoms with Crippen LogP contribution in [0.3, 0.4) is 0 Å². The van der Waals surface area contributed by atoms with Crippen LogP contribution in [0.1, 0.15) is 0 Å². The number of benzene rings is 1. The molecule has 2 atom stereocenters. The molecule has 2 fully saturated rings. The number of fused-ring (bicyclic) bond motifs is 3. The van der Waals surface area contributed by atoms with Crippen LogP contribution in [-0.2, 0) is 6.54 Å². The lowest BCUT2D eigenvalue weighted by Crippen LogP contribution is -2.47. The summed E-state index contributed by atoms with van der Waals surface area (Å²) in [6.07, 6.45) is 1.29. The number of nitrogens with one attached hydrogen (secondary N) is 1. The molecular weight excluding hydrogens is 539 g/mol. The zero-order valence-corrected chi connectivity index (χ0v) is 22.0. The minimum absolute atomic E-state index is 0.137. The number of aromatic nitrogens is 5. The van der Waals surface area contributed by atoms with Crippen molar-refractivity contribution in [3.05, 3.63) is 54.6 Å². The van der Waals surface area contributed by atoms with Crippen LogP contribution < -0.4 is 20.7 Å². The van der Waals surface area contributed by atoms with Crippen LogP contribution in [0.4, 0.5) is 24.8 Å². The minimum Gasteiger partial charge on any atom is -0.483 e. The molecule has 1 aromatic carbocycles. The fourth-order valence-corrected chi connectivity index (χ4v) is 5.48. The highest BCUT2D eigenvalue weighted by molar-refractivity contribution is 5.90. The maximum atomic E-state index is 14.7. The smallest absolute Gasteiger partial charge is 0.223 e. The van der Waals surface area contributed by atoms with Gasteiger partial charge in [-0.25, -0.2) is 18.2 Å². The Kier molecular flexibility index (Phi) is 6.43. The van der Waals surface area contributed by atoms with E-state index < -0.39 is 23.9 Å². The Bertz CT molecular complexity index is 1700. The van der Waals surface area contributed by atoms with Gasteiger partial charge >= 0.3 is 0 Å². The first-order valence-corrected chi connectivity index (χ1v) is 13.5. The Morgan fingerprint density at radius 3 is 2.68 bits per heavy atom. The van der Waals surface area contributed by atoms with Crippen LogP contribution in [0.5, 0.6) is 5.75 Å². The van der Waals surface area contributed by atoms with E-state index in [0.717, 1.165) is 18.1 Å². The molecule has 0 aliphatic carbocycles. The number of hydrogen-bond donors (Lipinski definition) is 2. The number of hydrogen-bond acceptors (Lipinski definition) is 9. The molecule has 0 unspecified atom stereocenters. The maximum Gasteiger partial charge on any atom is 0.223 e. The molecule has 0 saturated carbocycles. The molecule has 2 aliphatic heterocycles. The summed E-state index contributed by atoms with van der Waals surface area (Å²) >= 11 is 0. The van der Waals surface area contributed by atoms with Gasteiger partial charge in [0, 0.05) is 64.5 Å². The van der Waals surface area contributed by atoms with E-state index >= 15 is 0 Å². The van der Waals surface area contributed by atoms with Crippen molar-refractivity contribution in [2.75, 3.05) is 56.4 Å². The van der Waals surface area contributed by atoms with Crippen molar-refractivity contribution < 1.29 is 22.3 Å². The third-order valence-electron chi connectivity index (χ3n) is 7.71. The predicted molar refractivity (Wildman–Crippen MR) is 146 cm³/mol. The molecule has 214 valence electrons. The molecule has 3 N–H and O–H groups in total. The topological polar surface area (TPSA) is 115 Å². The van der Waals surface area contributed by atoms with Crippen LogP contribution in [0.25, 0.3) is 28.1 Å². The van der Waals surface area contributed by atoms with Crippen molar-refractivity contribution in [2.24, 2.45) is 0 Å². The van der Waals surface area contributed by atoms with Crippen LogP contribution in [0.15, 0.2) is 47.3 Å². The fraction of sp³-hybridized carbons (Fsp3) is 0.370. The Hall–Kier alpha value is -4.30. The molecule has 41 heavy (non-hydrogen) atoms. The van der Waals surface area contributed by atoms with Crippen LogP contribution in [-0.4, -0.2) is 87.1 Å². The van der Waals surface area contributed by atoms with E-state index in [4.69, 9.17) is 14.9 Å². The summed E-state index contributed by atoms with van der Waals surface area (Å²) in [5.41, 5.74) is 9.21. The molecule has 6 heterocycles. The van der Waals surface area contributed by atoms with Crippen molar-refractivity contribution in [2.45, 2.75) is 18.8 Å². The summed E-state index contributed by atoms with van der Waals surface area (Å²) in [6.45, 7) is 4.21. The average molecular weight is 568 g/mol. The third kappa shape index (κ3) is 4.72. The number of nitrogen functional groups attached to an aromatic ring is 1. The van der Waals surface area contributed by atoms with Gasteiger partial charge in [0.25, 0.3) is 0 Å². The Balaban J connectivity index is 1.02. The highest BCUT2D eigenvalue weighted by atomic mass is 19.1. The number of rotatable bonds is 7. The maximum absolute atomic E-state index is 14.7. The number of anilines is 2. The molecule has 14 heteroatoms. The number of imidazole rings is 1. The number of ether oxygens (including phenoxy) is 1. The highest BCUT2D eigenvalue weighted by Gasteiger charge is 2.30. The predicted octanol–water partition coefficient (Wildman–Crippen LogP) is 2.71. The number of nitrogens with zero attached hydrogens (tertiary/aromatic N) is 7. The summed E-state index contributed by atoms with van der Waals surface area (Å²) in [6, 6.07) is 7.65. The van der Waals surface area contributed by atoms with Crippen molar-refractivity contribution in [3.8, 4) is 17.2 Å². The first-order chi connectivity index (χ1) is 19.9. The van der Waals surface area contributed by atoms with E-state index in [-0.39, 0.29) is 30.5 Å².